The Morgan fingerprint density at radius 2 is 1.76 bits per heavy atom. The van der Waals surface area contributed by atoms with Crippen LogP contribution in [0.25, 0.3) is 0 Å². The van der Waals surface area contributed by atoms with Crippen molar-refractivity contribution in [2.24, 2.45) is 5.92 Å². The van der Waals surface area contributed by atoms with Crippen LogP contribution in [-0.4, -0.2) is 12.5 Å². The lowest BCUT2D eigenvalue weighted by atomic mass is 9.97. The number of aryl methyl sites for hydroxylation is 2. The number of nitrogens with one attached hydrogen (secondary N) is 1. The largest absolute Gasteiger partial charge is 0.483 e. The van der Waals surface area contributed by atoms with Crippen LogP contribution < -0.4 is 10.1 Å². The van der Waals surface area contributed by atoms with E-state index in [1.165, 1.54) is 5.56 Å². The summed E-state index contributed by atoms with van der Waals surface area (Å²) in [5, 5.41) is 3.12. The summed E-state index contributed by atoms with van der Waals surface area (Å²) in [4.78, 5) is 12.4. The van der Waals surface area contributed by atoms with Gasteiger partial charge in [-0.05, 0) is 61.4 Å². The molecule has 0 radical (unpaired) electrons. The second-order valence-electron chi connectivity index (χ2n) is 7.15. The zero-order valence-electron chi connectivity index (χ0n) is 15.9. The van der Waals surface area contributed by atoms with Gasteiger partial charge in [0.05, 0.1) is 6.04 Å². The number of ether oxygens (including phenoxy) is 1. The predicted octanol–water partition coefficient (Wildman–Crippen LogP) is 4.89. The number of carbonyl (C=O) groups excluding carboxylic acids is 1. The van der Waals surface area contributed by atoms with Crippen molar-refractivity contribution in [2.75, 3.05) is 6.61 Å². The molecule has 0 saturated carbocycles. The Bertz CT molecular complexity index is 707. The molecule has 3 heteroatoms. The fourth-order valence-corrected chi connectivity index (χ4v) is 2.97. The lowest BCUT2D eigenvalue weighted by molar-refractivity contribution is -0.124. The Morgan fingerprint density at radius 3 is 2.40 bits per heavy atom. The summed E-state index contributed by atoms with van der Waals surface area (Å²) in [6.45, 7) is 10.5. The van der Waals surface area contributed by atoms with Gasteiger partial charge in [-0.1, -0.05) is 50.2 Å². The van der Waals surface area contributed by atoms with E-state index in [1.54, 1.807) is 0 Å². The highest BCUT2D eigenvalue weighted by Gasteiger charge is 2.16. The first-order valence-corrected chi connectivity index (χ1v) is 8.91. The molecule has 2 aromatic carbocycles. The van der Waals surface area contributed by atoms with Gasteiger partial charge in [0.25, 0.3) is 5.91 Å². The van der Waals surface area contributed by atoms with Gasteiger partial charge in [0, 0.05) is 0 Å². The number of hydrogen-bond acceptors (Lipinski definition) is 2. The van der Waals surface area contributed by atoms with Crippen molar-refractivity contribution in [2.45, 2.75) is 47.1 Å². The molecule has 1 atom stereocenters. The quantitative estimate of drug-likeness (QED) is 0.779. The van der Waals surface area contributed by atoms with Crippen molar-refractivity contribution in [3.63, 3.8) is 0 Å². The first kappa shape index (κ1) is 19.0. The Morgan fingerprint density at radius 1 is 1.08 bits per heavy atom. The number of carbonyl (C=O) groups is 1. The first-order chi connectivity index (χ1) is 11.9. The molecular formula is C22H29NO2. The highest BCUT2D eigenvalue weighted by atomic mass is 16.5. The topological polar surface area (TPSA) is 38.3 Å². The third kappa shape index (κ3) is 5.63. The van der Waals surface area contributed by atoms with Gasteiger partial charge in [0.15, 0.2) is 6.61 Å². The maximum absolute atomic E-state index is 12.4. The van der Waals surface area contributed by atoms with Gasteiger partial charge in [0.1, 0.15) is 5.75 Å². The smallest absolute Gasteiger partial charge is 0.258 e. The maximum Gasteiger partial charge on any atom is 0.258 e. The van der Waals surface area contributed by atoms with Gasteiger partial charge in [-0.25, -0.2) is 0 Å². The van der Waals surface area contributed by atoms with Crippen LogP contribution in [0, 0.1) is 26.7 Å². The SMILES string of the molecule is Cc1cc(C)c(C)c(OCC(=O)N[C@H](CC(C)C)c2ccccc2)c1. The van der Waals surface area contributed by atoms with Crippen LogP contribution in [0.3, 0.4) is 0 Å². The molecule has 25 heavy (non-hydrogen) atoms. The number of rotatable bonds is 7. The molecule has 2 rings (SSSR count). The summed E-state index contributed by atoms with van der Waals surface area (Å²) in [7, 11) is 0. The van der Waals surface area contributed by atoms with Crippen molar-refractivity contribution < 1.29 is 9.53 Å². The third-order valence-electron chi connectivity index (χ3n) is 4.37. The van der Waals surface area contributed by atoms with Gasteiger partial charge in [0.2, 0.25) is 0 Å². The van der Waals surface area contributed by atoms with E-state index in [0.717, 1.165) is 28.9 Å². The van der Waals surface area contributed by atoms with Crippen molar-refractivity contribution in [1.29, 1.82) is 0 Å². The second-order valence-corrected chi connectivity index (χ2v) is 7.15. The molecule has 0 aromatic heterocycles. The lowest BCUT2D eigenvalue weighted by Gasteiger charge is -2.21. The average molecular weight is 339 g/mol. The molecule has 0 fully saturated rings. The summed E-state index contributed by atoms with van der Waals surface area (Å²) < 4.78 is 5.79. The number of amides is 1. The monoisotopic (exact) mass is 339 g/mol. The van der Waals surface area contributed by atoms with Gasteiger partial charge >= 0.3 is 0 Å². The Kier molecular flexibility index (Phi) is 6.63. The fraction of sp³-hybridized carbons (Fsp3) is 0.409. The van der Waals surface area contributed by atoms with Gasteiger partial charge < -0.3 is 10.1 Å². The molecule has 1 amide bonds. The summed E-state index contributed by atoms with van der Waals surface area (Å²) >= 11 is 0. The highest BCUT2D eigenvalue weighted by molar-refractivity contribution is 5.78. The first-order valence-electron chi connectivity index (χ1n) is 8.91. The number of hydrogen-bond donors (Lipinski definition) is 1. The Balaban J connectivity index is 2.02. The minimum absolute atomic E-state index is 0.0117. The van der Waals surface area contributed by atoms with E-state index in [0.29, 0.717) is 5.92 Å². The van der Waals surface area contributed by atoms with Gasteiger partial charge in [-0.3, -0.25) is 4.79 Å². The van der Waals surface area contributed by atoms with E-state index in [4.69, 9.17) is 4.74 Å². The van der Waals surface area contributed by atoms with E-state index in [-0.39, 0.29) is 18.6 Å². The molecule has 134 valence electrons. The summed E-state index contributed by atoms with van der Waals surface area (Å²) in [5.41, 5.74) is 4.53. The van der Waals surface area contributed by atoms with E-state index in [1.807, 2.05) is 38.1 Å². The van der Waals surface area contributed by atoms with Crippen molar-refractivity contribution >= 4 is 5.91 Å². The standard InChI is InChI=1S/C22H29NO2/c1-15(2)11-20(19-9-7-6-8-10-19)23-22(24)14-25-21-13-16(3)12-17(4)18(21)5/h6-10,12-13,15,20H,11,14H2,1-5H3,(H,23,24)/t20-/m1/s1. The highest BCUT2D eigenvalue weighted by Crippen LogP contribution is 2.24. The van der Waals surface area contributed by atoms with Crippen LogP contribution in [0.15, 0.2) is 42.5 Å². The molecule has 0 aliphatic rings. The average Bonchev–Trinajstić information content (AvgIpc) is 2.56. The Hall–Kier alpha value is -2.29. The van der Waals surface area contributed by atoms with E-state index >= 15 is 0 Å². The second kappa shape index (κ2) is 8.70. The van der Waals surface area contributed by atoms with Crippen LogP contribution >= 0.6 is 0 Å². The fourth-order valence-electron chi connectivity index (χ4n) is 2.97. The lowest BCUT2D eigenvalue weighted by Crippen LogP contribution is -2.33. The van der Waals surface area contributed by atoms with Crippen LogP contribution in [0.1, 0.15) is 48.6 Å². The minimum atomic E-state index is -0.0898. The van der Waals surface area contributed by atoms with E-state index in [2.05, 4.69) is 44.3 Å². The zero-order chi connectivity index (χ0) is 18.4. The van der Waals surface area contributed by atoms with Gasteiger partial charge in [-0.15, -0.1) is 0 Å². The summed E-state index contributed by atoms with van der Waals surface area (Å²) in [6.07, 6.45) is 0.901. The van der Waals surface area contributed by atoms with Crippen molar-refractivity contribution in [3.05, 3.63) is 64.7 Å². The van der Waals surface area contributed by atoms with Crippen molar-refractivity contribution in [1.82, 2.24) is 5.32 Å². The normalized spacial score (nSPS) is 12.1. The molecule has 0 unspecified atom stereocenters. The van der Waals surface area contributed by atoms with E-state index in [9.17, 15) is 4.79 Å². The molecule has 0 aliphatic heterocycles. The third-order valence-corrected chi connectivity index (χ3v) is 4.37. The molecule has 2 aromatic rings. The molecule has 3 nitrogen and oxygen atoms in total. The van der Waals surface area contributed by atoms with Crippen LogP contribution in [0.4, 0.5) is 0 Å². The minimum Gasteiger partial charge on any atom is -0.483 e. The van der Waals surface area contributed by atoms with Crippen molar-refractivity contribution in [3.8, 4) is 5.75 Å². The maximum atomic E-state index is 12.4. The number of benzene rings is 2. The van der Waals surface area contributed by atoms with E-state index < -0.39 is 0 Å². The van der Waals surface area contributed by atoms with Crippen LogP contribution in [0.5, 0.6) is 5.75 Å². The molecular weight excluding hydrogens is 310 g/mol. The predicted molar refractivity (Wildman–Crippen MR) is 103 cm³/mol. The van der Waals surface area contributed by atoms with Gasteiger partial charge in [-0.2, -0.15) is 0 Å². The summed E-state index contributed by atoms with van der Waals surface area (Å²) in [6, 6.07) is 14.2. The molecule has 0 aliphatic carbocycles. The van der Waals surface area contributed by atoms with Crippen LogP contribution in [0.2, 0.25) is 0 Å². The molecule has 0 heterocycles. The van der Waals surface area contributed by atoms with Crippen LogP contribution in [-0.2, 0) is 4.79 Å². The molecule has 1 N–H and O–H groups in total. The Labute approximate surface area is 151 Å². The summed E-state index contributed by atoms with van der Waals surface area (Å²) in [5.74, 6) is 1.19. The molecule has 0 saturated heterocycles. The zero-order valence-corrected chi connectivity index (χ0v) is 15.9. The molecule has 0 spiro atoms. The molecule has 0 bridgehead atoms.